The van der Waals surface area contributed by atoms with E-state index in [0.29, 0.717) is 5.41 Å². The summed E-state index contributed by atoms with van der Waals surface area (Å²) in [5.41, 5.74) is 1.92. The molecule has 1 N–H and O–H groups in total. The molecule has 0 amide bonds. The summed E-state index contributed by atoms with van der Waals surface area (Å²) in [6, 6.07) is 8.66. The van der Waals surface area contributed by atoms with Crippen molar-refractivity contribution in [2.24, 2.45) is 5.41 Å². The van der Waals surface area contributed by atoms with Gasteiger partial charge in [-0.1, -0.05) is 41.4 Å². The quantitative estimate of drug-likeness (QED) is 0.841. The molecule has 1 fully saturated rings. The number of benzene rings is 1. The maximum absolute atomic E-state index is 3.56. The van der Waals surface area contributed by atoms with Crippen LogP contribution in [-0.4, -0.2) is 31.6 Å². The molecule has 1 heterocycles. The molecule has 1 aliphatic heterocycles. The van der Waals surface area contributed by atoms with Crippen molar-refractivity contribution in [2.45, 2.75) is 39.2 Å². The van der Waals surface area contributed by atoms with Crippen LogP contribution in [0.2, 0.25) is 0 Å². The zero-order valence-electron chi connectivity index (χ0n) is 12.8. The van der Waals surface area contributed by atoms with E-state index in [9.17, 15) is 0 Å². The van der Waals surface area contributed by atoms with E-state index < -0.39 is 0 Å². The normalized spacial score (nSPS) is 18.4. The first-order valence-electron chi connectivity index (χ1n) is 7.77. The molecule has 0 unspecified atom stereocenters. The number of hydrogen-bond donors (Lipinski definition) is 1. The smallest absolute Gasteiger partial charge is 0.0231 e. The Kier molecular flexibility index (Phi) is 6.06. The molecule has 1 aromatic rings. The van der Waals surface area contributed by atoms with E-state index in [2.05, 4.69) is 64.4 Å². The summed E-state index contributed by atoms with van der Waals surface area (Å²) in [4.78, 5) is 2.50. The zero-order valence-corrected chi connectivity index (χ0v) is 14.4. The average molecular weight is 339 g/mol. The Morgan fingerprint density at radius 1 is 1.30 bits per heavy atom. The van der Waals surface area contributed by atoms with Crippen LogP contribution < -0.4 is 5.32 Å². The van der Waals surface area contributed by atoms with Gasteiger partial charge in [-0.05, 0) is 62.5 Å². The van der Waals surface area contributed by atoms with E-state index in [1.54, 1.807) is 0 Å². The fourth-order valence-electron chi connectivity index (χ4n) is 3.55. The molecule has 3 heteroatoms. The Morgan fingerprint density at radius 2 is 2.05 bits per heavy atom. The van der Waals surface area contributed by atoms with Gasteiger partial charge in [-0.3, -0.25) is 0 Å². The number of rotatable bonds is 6. The van der Waals surface area contributed by atoms with Gasteiger partial charge in [-0.25, -0.2) is 0 Å². The number of halogens is 1. The minimum absolute atomic E-state index is 0.529. The van der Waals surface area contributed by atoms with Crippen LogP contribution >= 0.6 is 15.9 Å². The highest BCUT2D eigenvalue weighted by atomic mass is 79.9. The summed E-state index contributed by atoms with van der Waals surface area (Å²) >= 11 is 3.56. The number of hydrogen-bond acceptors (Lipinski definition) is 2. The molecule has 112 valence electrons. The third kappa shape index (κ3) is 4.57. The van der Waals surface area contributed by atoms with Gasteiger partial charge in [0.2, 0.25) is 0 Å². The Balaban J connectivity index is 1.95. The van der Waals surface area contributed by atoms with Gasteiger partial charge in [0.05, 0.1) is 0 Å². The lowest BCUT2D eigenvalue weighted by Crippen LogP contribution is -2.43. The number of piperidine rings is 1. The van der Waals surface area contributed by atoms with Crippen LogP contribution in [0.25, 0.3) is 0 Å². The van der Waals surface area contributed by atoms with Crippen molar-refractivity contribution in [3.05, 3.63) is 34.3 Å². The van der Waals surface area contributed by atoms with E-state index in [4.69, 9.17) is 0 Å². The molecule has 1 aromatic carbocycles. The van der Waals surface area contributed by atoms with Crippen molar-refractivity contribution < 1.29 is 0 Å². The minimum Gasteiger partial charge on any atom is -0.317 e. The van der Waals surface area contributed by atoms with Crippen molar-refractivity contribution in [1.29, 1.82) is 0 Å². The molecule has 0 bridgehead atoms. The summed E-state index contributed by atoms with van der Waals surface area (Å²) in [7, 11) is 2.26. The van der Waals surface area contributed by atoms with Gasteiger partial charge in [0.25, 0.3) is 0 Å². The average Bonchev–Trinajstić information content (AvgIpc) is 2.39. The highest BCUT2D eigenvalue weighted by Gasteiger charge is 2.32. The van der Waals surface area contributed by atoms with E-state index >= 15 is 0 Å². The van der Waals surface area contributed by atoms with Crippen molar-refractivity contribution in [3.63, 3.8) is 0 Å². The minimum atomic E-state index is 0.529. The first kappa shape index (κ1) is 16.0. The second kappa shape index (κ2) is 7.58. The molecule has 2 rings (SSSR count). The van der Waals surface area contributed by atoms with Gasteiger partial charge >= 0.3 is 0 Å². The van der Waals surface area contributed by atoms with Crippen molar-refractivity contribution in [2.75, 3.05) is 26.7 Å². The maximum Gasteiger partial charge on any atom is 0.0231 e. The summed E-state index contributed by atoms with van der Waals surface area (Å²) in [6.45, 7) is 6.95. The fourth-order valence-corrected chi connectivity index (χ4v) is 4.00. The van der Waals surface area contributed by atoms with Gasteiger partial charge in [-0.2, -0.15) is 0 Å². The highest BCUT2D eigenvalue weighted by molar-refractivity contribution is 9.10. The molecule has 0 saturated carbocycles. The highest BCUT2D eigenvalue weighted by Crippen LogP contribution is 2.35. The van der Waals surface area contributed by atoms with Gasteiger partial charge in [0.15, 0.2) is 0 Å². The van der Waals surface area contributed by atoms with Crippen LogP contribution in [0.4, 0.5) is 0 Å². The molecule has 0 spiro atoms. The molecule has 0 atom stereocenters. The van der Waals surface area contributed by atoms with Crippen LogP contribution in [0.15, 0.2) is 28.7 Å². The van der Waals surface area contributed by atoms with Crippen LogP contribution in [0.5, 0.6) is 0 Å². The molecule has 20 heavy (non-hydrogen) atoms. The van der Waals surface area contributed by atoms with Gasteiger partial charge in [0, 0.05) is 17.6 Å². The summed E-state index contributed by atoms with van der Waals surface area (Å²) in [5, 5.41) is 3.50. The molecular weight excluding hydrogens is 312 g/mol. The summed E-state index contributed by atoms with van der Waals surface area (Å²) < 4.78 is 1.17. The molecule has 2 nitrogen and oxygen atoms in total. The van der Waals surface area contributed by atoms with Crippen molar-refractivity contribution in [1.82, 2.24) is 10.2 Å². The Labute approximate surface area is 132 Å². The van der Waals surface area contributed by atoms with Crippen molar-refractivity contribution >= 4 is 15.9 Å². The van der Waals surface area contributed by atoms with E-state index in [-0.39, 0.29) is 0 Å². The second-order valence-electron chi connectivity index (χ2n) is 6.30. The van der Waals surface area contributed by atoms with Crippen molar-refractivity contribution in [3.8, 4) is 0 Å². The first-order chi connectivity index (χ1) is 9.63. The lowest BCUT2D eigenvalue weighted by Gasteiger charge is -2.40. The lowest BCUT2D eigenvalue weighted by atomic mass is 9.75. The summed E-state index contributed by atoms with van der Waals surface area (Å²) in [5.74, 6) is 0. The Bertz CT molecular complexity index is 408. The SMILES string of the molecule is CCCC1(CN(C)Cc2cccc(Br)c2)CCNCC1. The zero-order chi connectivity index (χ0) is 14.4. The molecule has 1 aliphatic rings. The molecular formula is C17H27BrN2. The van der Waals surface area contributed by atoms with Gasteiger partial charge in [-0.15, -0.1) is 0 Å². The molecule has 0 radical (unpaired) electrons. The molecule has 0 aromatic heterocycles. The standard InChI is InChI=1S/C17H27BrN2/c1-3-7-17(8-10-19-11-9-17)14-20(2)13-15-5-4-6-16(18)12-15/h4-6,12,19H,3,7-11,13-14H2,1-2H3. The van der Waals surface area contributed by atoms with Crippen LogP contribution in [-0.2, 0) is 6.54 Å². The van der Waals surface area contributed by atoms with E-state index in [1.807, 2.05) is 0 Å². The van der Waals surface area contributed by atoms with Crippen LogP contribution in [0, 0.1) is 5.41 Å². The van der Waals surface area contributed by atoms with Crippen LogP contribution in [0.1, 0.15) is 38.2 Å². The molecule has 0 aliphatic carbocycles. The lowest BCUT2D eigenvalue weighted by molar-refractivity contribution is 0.112. The Morgan fingerprint density at radius 3 is 2.70 bits per heavy atom. The monoisotopic (exact) mass is 338 g/mol. The van der Waals surface area contributed by atoms with E-state index in [0.717, 1.165) is 6.54 Å². The van der Waals surface area contributed by atoms with Gasteiger partial charge < -0.3 is 10.2 Å². The topological polar surface area (TPSA) is 15.3 Å². The number of nitrogens with zero attached hydrogens (tertiary/aromatic N) is 1. The van der Waals surface area contributed by atoms with Gasteiger partial charge in [0.1, 0.15) is 0 Å². The van der Waals surface area contributed by atoms with Crippen LogP contribution in [0.3, 0.4) is 0 Å². The third-order valence-electron chi connectivity index (χ3n) is 4.39. The third-order valence-corrected chi connectivity index (χ3v) is 4.88. The first-order valence-corrected chi connectivity index (χ1v) is 8.56. The maximum atomic E-state index is 3.56. The largest absolute Gasteiger partial charge is 0.317 e. The van der Waals surface area contributed by atoms with E-state index in [1.165, 1.54) is 55.4 Å². The Hall–Kier alpha value is -0.380. The predicted molar refractivity (Wildman–Crippen MR) is 89.9 cm³/mol. The molecule has 1 saturated heterocycles. The predicted octanol–water partition coefficient (Wildman–Crippen LogP) is 4.05. The fraction of sp³-hybridized carbons (Fsp3) is 0.647. The summed E-state index contributed by atoms with van der Waals surface area (Å²) in [6.07, 6.45) is 5.30. The second-order valence-corrected chi connectivity index (χ2v) is 7.22. The number of nitrogens with one attached hydrogen (secondary N) is 1.